The molecular weight excluding hydrogens is 461 g/mol. The maximum absolute atomic E-state index is 4.34. The summed E-state index contributed by atoms with van der Waals surface area (Å²) in [5.41, 5.74) is 2.67. The third-order valence-corrected chi connectivity index (χ3v) is 6.20. The lowest BCUT2D eigenvalue weighted by atomic mass is 9.92. The van der Waals surface area contributed by atoms with Gasteiger partial charge in [-0.15, -0.1) is 0 Å². The standard InChI is InChI=1S/C22H26IN5/c23-21-13-11-20(12-14-21)17-28-22(24-25-26-28)27-15-5-10-19(16-27)9-4-8-18-6-2-1-3-7-18/h1-3,6-7,11-14,19H,4-5,8-10,15-17H2. The van der Waals surface area contributed by atoms with Crippen molar-refractivity contribution in [2.24, 2.45) is 5.92 Å². The van der Waals surface area contributed by atoms with Gasteiger partial charge in [-0.25, -0.2) is 4.68 Å². The summed E-state index contributed by atoms with van der Waals surface area (Å²) < 4.78 is 3.18. The van der Waals surface area contributed by atoms with Gasteiger partial charge in [-0.3, -0.25) is 0 Å². The van der Waals surface area contributed by atoms with Crippen LogP contribution in [0.15, 0.2) is 54.6 Å². The predicted octanol–water partition coefficient (Wildman–Crippen LogP) is 4.57. The first kappa shape index (κ1) is 19.4. The van der Waals surface area contributed by atoms with E-state index in [4.69, 9.17) is 0 Å². The van der Waals surface area contributed by atoms with Gasteiger partial charge < -0.3 is 4.90 Å². The SMILES string of the molecule is Ic1ccc(Cn2nnnc2N2CCCC(CCCc3ccccc3)C2)cc1. The minimum absolute atomic E-state index is 0.717. The monoisotopic (exact) mass is 487 g/mol. The first-order valence-corrected chi connectivity index (χ1v) is 11.2. The molecule has 1 aliphatic rings. The molecule has 3 aromatic rings. The number of benzene rings is 2. The Hall–Kier alpha value is -1.96. The first-order chi connectivity index (χ1) is 13.8. The highest BCUT2D eigenvalue weighted by molar-refractivity contribution is 14.1. The maximum atomic E-state index is 4.34. The zero-order chi connectivity index (χ0) is 19.2. The predicted molar refractivity (Wildman–Crippen MR) is 120 cm³/mol. The van der Waals surface area contributed by atoms with Gasteiger partial charge in [-0.1, -0.05) is 47.6 Å². The molecule has 28 heavy (non-hydrogen) atoms. The van der Waals surface area contributed by atoms with Crippen molar-refractivity contribution in [1.29, 1.82) is 0 Å². The zero-order valence-electron chi connectivity index (χ0n) is 16.0. The van der Waals surface area contributed by atoms with Crippen LogP contribution in [0.4, 0.5) is 5.95 Å². The van der Waals surface area contributed by atoms with Crippen molar-refractivity contribution in [2.75, 3.05) is 18.0 Å². The molecule has 1 aromatic heterocycles. The highest BCUT2D eigenvalue weighted by Gasteiger charge is 2.23. The Morgan fingerprint density at radius 2 is 1.82 bits per heavy atom. The molecule has 6 heteroatoms. The molecule has 0 radical (unpaired) electrons. The molecule has 146 valence electrons. The third-order valence-electron chi connectivity index (χ3n) is 5.48. The fraction of sp³-hybridized carbons (Fsp3) is 0.409. The largest absolute Gasteiger partial charge is 0.339 e. The van der Waals surface area contributed by atoms with Crippen molar-refractivity contribution in [3.63, 3.8) is 0 Å². The van der Waals surface area contributed by atoms with E-state index in [1.165, 1.54) is 46.8 Å². The van der Waals surface area contributed by atoms with E-state index in [2.05, 4.69) is 97.6 Å². The number of hydrogen-bond donors (Lipinski definition) is 0. The molecule has 0 bridgehead atoms. The van der Waals surface area contributed by atoms with E-state index < -0.39 is 0 Å². The Kier molecular flexibility index (Phi) is 6.57. The smallest absolute Gasteiger partial charge is 0.245 e. The lowest BCUT2D eigenvalue weighted by molar-refractivity contribution is 0.376. The van der Waals surface area contributed by atoms with Crippen molar-refractivity contribution in [3.8, 4) is 0 Å². The molecule has 0 spiro atoms. The molecule has 1 unspecified atom stereocenters. The van der Waals surface area contributed by atoms with Crippen molar-refractivity contribution in [3.05, 3.63) is 69.3 Å². The van der Waals surface area contributed by atoms with Crippen LogP contribution in [0.2, 0.25) is 0 Å². The molecule has 4 rings (SSSR count). The van der Waals surface area contributed by atoms with Gasteiger partial charge in [0.2, 0.25) is 5.95 Å². The van der Waals surface area contributed by atoms with Crippen molar-refractivity contribution in [2.45, 2.75) is 38.6 Å². The molecule has 2 aromatic carbocycles. The average Bonchev–Trinajstić information content (AvgIpc) is 3.19. The lowest BCUT2D eigenvalue weighted by Crippen LogP contribution is -2.37. The molecule has 0 saturated carbocycles. The molecule has 1 fully saturated rings. The first-order valence-electron chi connectivity index (χ1n) is 10.1. The zero-order valence-corrected chi connectivity index (χ0v) is 18.2. The number of nitrogens with zero attached hydrogens (tertiary/aromatic N) is 5. The number of halogens is 1. The summed E-state index contributed by atoms with van der Waals surface area (Å²) >= 11 is 2.33. The minimum atomic E-state index is 0.717. The van der Waals surface area contributed by atoms with Crippen LogP contribution in [0.5, 0.6) is 0 Å². The summed E-state index contributed by atoms with van der Waals surface area (Å²) in [5, 5.41) is 12.5. The van der Waals surface area contributed by atoms with Crippen molar-refractivity contribution >= 4 is 28.5 Å². The van der Waals surface area contributed by atoms with Crippen LogP contribution in [-0.4, -0.2) is 33.3 Å². The highest BCUT2D eigenvalue weighted by atomic mass is 127. The molecule has 1 aliphatic heterocycles. The summed E-state index contributed by atoms with van der Waals surface area (Å²) in [5.74, 6) is 1.63. The van der Waals surface area contributed by atoms with Crippen LogP contribution < -0.4 is 4.90 Å². The number of aromatic nitrogens is 4. The van der Waals surface area contributed by atoms with Gasteiger partial charge in [0, 0.05) is 16.7 Å². The second-order valence-corrected chi connectivity index (χ2v) is 8.84. The Bertz CT molecular complexity index is 862. The summed E-state index contributed by atoms with van der Waals surface area (Å²) in [4.78, 5) is 2.38. The quantitative estimate of drug-likeness (QED) is 0.459. The van der Waals surface area contributed by atoms with Gasteiger partial charge in [-0.05, 0) is 94.3 Å². The molecule has 0 aliphatic carbocycles. The number of anilines is 1. The summed E-state index contributed by atoms with van der Waals surface area (Å²) in [6.45, 7) is 2.82. The number of aryl methyl sites for hydroxylation is 1. The Morgan fingerprint density at radius 3 is 2.64 bits per heavy atom. The van der Waals surface area contributed by atoms with Gasteiger partial charge in [-0.2, -0.15) is 0 Å². The Balaban J connectivity index is 1.34. The second kappa shape index (κ2) is 9.49. The number of tetrazole rings is 1. The van der Waals surface area contributed by atoms with Crippen molar-refractivity contribution < 1.29 is 0 Å². The van der Waals surface area contributed by atoms with E-state index in [9.17, 15) is 0 Å². The number of piperidine rings is 1. The van der Waals surface area contributed by atoms with Gasteiger partial charge >= 0.3 is 0 Å². The normalized spacial score (nSPS) is 17.0. The van der Waals surface area contributed by atoms with E-state index in [0.29, 0.717) is 6.54 Å². The van der Waals surface area contributed by atoms with E-state index in [1.54, 1.807) is 0 Å². The van der Waals surface area contributed by atoms with E-state index >= 15 is 0 Å². The molecule has 0 N–H and O–H groups in total. The van der Waals surface area contributed by atoms with Crippen LogP contribution in [0.3, 0.4) is 0 Å². The van der Waals surface area contributed by atoms with E-state index in [0.717, 1.165) is 25.0 Å². The fourth-order valence-electron chi connectivity index (χ4n) is 4.01. The number of hydrogen-bond acceptors (Lipinski definition) is 4. The van der Waals surface area contributed by atoms with Crippen LogP contribution in [0.1, 0.15) is 36.8 Å². The summed E-state index contributed by atoms with van der Waals surface area (Å²) in [6.07, 6.45) is 6.21. The van der Waals surface area contributed by atoms with Gasteiger partial charge in [0.05, 0.1) is 6.54 Å². The van der Waals surface area contributed by atoms with Gasteiger partial charge in [0.1, 0.15) is 0 Å². The van der Waals surface area contributed by atoms with Crippen molar-refractivity contribution in [1.82, 2.24) is 20.2 Å². The maximum Gasteiger partial charge on any atom is 0.245 e. The summed E-state index contributed by atoms with van der Waals surface area (Å²) in [6, 6.07) is 19.4. The highest BCUT2D eigenvalue weighted by Crippen LogP contribution is 2.25. The van der Waals surface area contributed by atoms with Gasteiger partial charge in [0.25, 0.3) is 0 Å². The van der Waals surface area contributed by atoms with E-state index in [-0.39, 0.29) is 0 Å². The van der Waals surface area contributed by atoms with Crippen LogP contribution in [-0.2, 0) is 13.0 Å². The van der Waals surface area contributed by atoms with Crippen LogP contribution >= 0.6 is 22.6 Å². The Labute approximate surface area is 180 Å². The average molecular weight is 487 g/mol. The molecule has 2 heterocycles. The van der Waals surface area contributed by atoms with E-state index in [1.807, 2.05) is 4.68 Å². The van der Waals surface area contributed by atoms with Crippen LogP contribution in [0, 0.1) is 9.49 Å². The molecule has 5 nitrogen and oxygen atoms in total. The molecule has 0 amide bonds. The minimum Gasteiger partial charge on any atom is -0.339 e. The molecule has 1 saturated heterocycles. The third kappa shape index (κ3) is 5.10. The lowest BCUT2D eigenvalue weighted by Gasteiger charge is -2.33. The topological polar surface area (TPSA) is 46.8 Å². The fourth-order valence-corrected chi connectivity index (χ4v) is 4.37. The van der Waals surface area contributed by atoms with Crippen LogP contribution in [0.25, 0.3) is 0 Å². The second-order valence-electron chi connectivity index (χ2n) is 7.60. The summed E-state index contributed by atoms with van der Waals surface area (Å²) in [7, 11) is 0. The number of rotatable bonds is 7. The Morgan fingerprint density at radius 1 is 1.00 bits per heavy atom. The molecule has 1 atom stereocenters. The molecular formula is C22H26IN5. The van der Waals surface area contributed by atoms with Gasteiger partial charge in [0.15, 0.2) is 0 Å².